The average Bonchev–Trinajstić information content (AvgIpc) is 2.52. The number of amides is 1. The van der Waals surface area contributed by atoms with Crippen molar-refractivity contribution in [2.45, 2.75) is 33.4 Å². The molecule has 0 aromatic heterocycles. The van der Waals surface area contributed by atoms with Gasteiger partial charge in [-0.05, 0) is 31.5 Å². The van der Waals surface area contributed by atoms with Gasteiger partial charge in [-0.15, -0.1) is 24.0 Å². The van der Waals surface area contributed by atoms with Gasteiger partial charge in [-0.25, -0.2) is 4.99 Å². The third-order valence-electron chi connectivity index (χ3n) is 3.14. The fraction of sp³-hybridized carbons (Fsp3) is 0.529. The summed E-state index contributed by atoms with van der Waals surface area (Å²) in [5.41, 5.74) is 1.61. The first-order valence-electron chi connectivity index (χ1n) is 7.98. The number of carbonyl (C=O) groups is 1. The van der Waals surface area contributed by atoms with Crippen molar-refractivity contribution in [2.75, 3.05) is 32.7 Å². The van der Waals surface area contributed by atoms with Crippen molar-refractivity contribution < 1.29 is 14.3 Å². The largest absolute Gasteiger partial charge is 0.495 e. The number of nitrogens with zero attached hydrogens (tertiary/aromatic N) is 1. The number of rotatable bonds is 8. The van der Waals surface area contributed by atoms with Gasteiger partial charge in [0.1, 0.15) is 5.75 Å². The minimum atomic E-state index is -0.141. The summed E-state index contributed by atoms with van der Waals surface area (Å²) in [5.74, 6) is 1.20. The van der Waals surface area contributed by atoms with E-state index in [0.29, 0.717) is 24.6 Å². The number of benzene rings is 1. The number of halogens is 1. The van der Waals surface area contributed by atoms with Gasteiger partial charge in [-0.1, -0.05) is 6.07 Å². The second kappa shape index (κ2) is 12.8. The summed E-state index contributed by atoms with van der Waals surface area (Å²) in [6, 6.07) is 5.77. The van der Waals surface area contributed by atoms with E-state index in [1.807, 2.05) is 32.0 Å². The van der Waals surface area contributed by atoms with Crippen molar-refractivity contribution in [2.24, 2.45) is 4.99 Å². The van der Waals surface area contributed by atoms with E-state index in [2.05, 4.69) is 20.9 Å². The van der Waals surface area contributed by atoms with E-state index in [0.717, 1.165) is 18.1 Å². The van der Waals surface area contributed by atoms with Crippen molar-refractivity contribution in [3.63, 3.8) is 0 Å². The highest BCUT2D eigenvalue weighted by Crippen LogP contribution is 2.25. The van der Waals surface area contributed by atoms with Gasteiger partial charge >= 0.3 is 0 Å². The number of methoxy groups -OCH3 is 2. The van der Waals surface area contributed by atoms with Crippen molar-refractivity contribution in [1.82, 2.24) is 10.6 Å². The minimum absolute atomic E-state index is 0. The number of nitrogens with one attached hydrogen (secondary N) is 3. The predicted octanol–water partition coefficient (Wildman–Crippen LogP) is 2.36. The summed E-state index contributed by atoms with van der Waals surface area (Å²) in [7, 11) is 3.24. The monoisotopic (exact) mass is 464 g/mol. The quantitative estimate of drug-likeness (QED) is 0.313. The van der Waals surface area contributed by atoms with Crippen LogP contribution in [0.1, 0.15) is 26.3 Å². The number of guanidine groups is 1. The van der Waals surface area contributed by atoms with Crippen LogP contribution in [0, 0.1) is 0 Å². The van der Waals surface area contributed by atoms with Crippen LogP contribution in [0.3, 0.4) is 0 Å². The molecule has 0 saturated heterocycles. The maximum absolute atomic E-state index is 11.3. The summed E-state index contributed by atoms with van der Waals surface area (Å²) in [6.07, 6.45) is 0. The summed E-state index contributed by atoms with van der Waals surface area (Å²) in [6.45, 7) is 7.35. The van der Waals surface area contributed by atoms with Gasteiger partial charge in [-0.2, -0.15) is 0 Å². The van der Waals surface area contributed by atoms with Gasteiger partial charge in [0.15, 0.2) is 5.96 Å². The average molecular weight is 464 g/mol. The van der Waals surface area contributed by atoms with E-state index in [9.17, 15) is 4.79 Å². The fourth-order valence-corrected chi connectivity index (χ4v) is 2.16. The molecule has 0 aliphatic heterocycles. The number of hydrogen-bond donors (Lipinski definition) is 3. The first-order chi connectivity index (χ1) is 11.5. The molecule has 8 heteroatoms. The smallest absolute Gasteiger partial charge is 0.221 e. The van der Waals surface area contributed by atoms with Crippen LogP contribution in [0.2, 0.25) is 0 Å². The fourth-order valence-electron chi connectivity index (χ4n) is 2.16. The van der Waals surface area contributed by atoms with Crippen molar-refractivity contribution >= 4 is 41.5 Å². The molecule has 1 atom stereocenters. The zero-order chi connectivity index (χ0) is 17.9. The molecule has 1 unspecified atom stereocenters. The highest BCUT2D eigenvalue weighted by molar-refractivity contribution is 14.0. The lowest BCUT2D eigenvalue weighted by molar-refractivity contribution is -0.114. The van der Waals surface area contributed by atoms with Crippen LogP contribution < -0.4 is 20.7 Å². The molecule has 0 aliphatic carbocycles. The van der Waals surface area contributed by atoms with Gasteiger partial charge in [0.05, 0.1) is 25.9 Å². The Hall–Kier alpha value is -1.55. The maximum Gasteiger partial charge on any atom is 0.221 e. The zero-order valence-electron chi connectivity index (χ0n) is 15.5. The standard InChI is InChI=1S/C17H28N4O3.HI/c1-6-18-17(20-12(2)11-23-4)19-10-14-7-8-16(24-5)15(9-14)21-13(3)22;/h7-9,12H,6,10-11H2,1-5H3,(H,21,22)(H2,18,19,20);1H. The SMILES string of the molecule is CCNC(=NCc1ccc(OC)c(NC(C)=O)c1)NC(C)COC.I. The molecule has 1 rings (SSSR count). The molecular weight excluding hydrogens is 435 g/mol. The van der Waals surface area contributed by atoms with Crippen LogP contribution in [0.25, 0.3) is 0 Å². The summed E-state index contributed by atoms with van der Waals surface area (Å²) < 4.78 is 10.4. The van der Waals surface area contributed by atoms with Gasteiger partial charge in [0.25, 0.3) is 0 Å². The maximum atomic E-state index is 11.3. The van der Waals surface area contributed by atoms with E-state index >= 15 is 0 Å². The Kier molecular flexibility index (Phi) is 12.0. The lowest BCUT2D eigenvalue weighted by atomic mass is 10.2. The molecule has 142 valence electrons. The number of hydrogen-bond acceptors (Lipinski definition) is 4. The Bertz CT molecular complexity index is 567. The molecule has 0 fully saturated rings. The third kappa shape index (κ3) is 8.92. The molecule has 0 bridgehead atoms. The molecule has 0 spiro atoms. The zero-order valence-corrected chi connectivity index (χ0v) is 17.8. The van der Waals surface area contributed by atoms with Crippen LogP contribution in [0.5, 0.6) is 5.75 Å². The molecule has 1 aromatic rings. The molecule has 25 heavy (non-hydrogen) atoms. The van der Waals surface area contributed by atoms with Gasteiger partial charge in [0.2, 0.25) is 5.91 Å². The second-order valence-electron chi connectivity index (χ2n) is 5.41. The Labute approximate surface area is 167 Å². The van der Waals surface area contributed by atoms with Crippen LogP contribution in [0.4, 0.5) is 5.69 Å². The molecule has 0 saturated carbocycles. The second-order valence-corrected chi connectivity index (χ2v) is 5.41. The normalized spacial score (nSPS) is 12.0. The Morgan fingerprint density at radius 2 is 2.04 bits per heavy atom. The molecule has 1 amide bonds. The molecular formula is C17H29IN4O3. The molecule has 3 N–H and O–H groups in total. The van der Waals surface area contributed by atoms with Crippen molar-refractivity contribution in [3.8, 4) is 5.75 Å². The van der Waals surface area contributed by atoms with E-state index in [-0.39, 0.29) is 35.9 Å². The van der Waals surface area contributed by atoms with E-state index in [1.165, 1.54) is 6.92 Å². The van der Waals surface area contributed by atoms with Gasteiger partial charge < -0.3 is 25.4 Å². The van der Waals surface area contributed by atoms with Crippen LogP contribution in [-0.2, 0) is 16.1 Å². The minimum Gasteiger partial charge on any atom is -0.495 e. The highest BCUT2D eigenvalue weighted by Gasteiger charge is 2.07. The van der Waals surface area contributed by atoms with Gasteiger partial charge in [0, 0.05) is 26.6 Å². The summed E-state index contributed by atoms with van der Waals surface area (Å²) in [4.78, 5) is 15.9. The number of carbonyl (C=O) groups excluding carboxylic acids is 1. The van der Waals surface area contributed by atoms with Crippen LogP contribution >= 0.6 is 24.0 Å². The first-order valence-corrected chi connectivity index (χ1v) is 7.98. The molecule has 1 aromatic carbocycles. The number of ether oxygens (including phenoxy) is 2. The third-order valence-corrected chi connectivity index (χ3v) is 3.14. The van der Waals surface area contributed by atoms with Crippen molar-refractivity contribution in [3.05, 3.63) is 23.8 Å². The summed E-state index contributed by atoms with van der Waals surface area (Å²) >= 11 is 0. The number of aliphatic imine (C=N–C) groups is 1. The van der Waals surface area contributed by atoms with E-state index in [4.69, 9.17) is 9.47 Å². The summed E-state index contributed by atoms with van der Waals surface area (Å²) in [5, 5.41) is 9.24. The molecule has 0 radical (unpaired) electrons. The van der Waals surface area contributed by atoms with Crippen molar-refractivity contribution in [1.29, 1.82) is 0 Å². The molecule has 0 aliphatic rings. The topological polar surface area (TPSA) is 84.0 Å². The van der Waals surface area contributed by atoms with E-state index < -0.39 is 0 Å². The Morgan fingerprint density at radius 1 is 1.32 bits per heavy atom. The highest BCUT2D eigenvalue weighted by atomic mass is 127. The Balaban J connectivity index is 0.00000576. The lowest BCUT2D eigenvalue weighted by Crippen LogP contribution is -2.43. The molecule has 7 nitrogen and oxygen atoms in total. The van der Waals surface area contributed by atoms with Crippen LogP contribution in [0.15, 0.2) is 23.2 Å². The van der Waals surface area contributed by atoms with E-state index in [1.54, 1.807) is 14.2 Å². The Morgan fingerprint density at radius 3 is 2.60 bits per heavy atom. The lowest BCUT2D eigenvalue weighted by Gasteiger charge is -2.17. The number of anilines is 1. The predicted molar refractivity (Wildman–Crippen MR) is 112 cm³/mol. The molecule has 0 heterocycles. The van der Waals surface area contributed by atoms with Crippen LogP contribution in [-0.4, -0.2) is 45.3 Å². The first kappa shape index (κ1) is 23.4. The van der Waals surface area contributed by atoms with Gasteiger partial charge in [-0.3, -0.25) is 4.79 Å².